The Morgan fingerprint density at radius 3 is 2.89 bits per heavy atom. The van der Waals surface area contributed by atoms with E-state index in [4.69, 9.17) is 4.74 Å². The van der Waals surface area contributed by atoms with E-state index < -0.39 is 17.8 Å². The number of hydrogen-bond donors (Lipinski definition) is 2. The predicted octanol–water partition coefficient (Wildman–Crippen LogP) is 2.85. The van der Waals surface area contributed by atoms with Gasteiger partial charge in [-0.15, -0.1) is 0 Å². The standard InChI is InChI=1S/C20H22F3N3O2/c1-12-6-13(8-19-9-15(10-28-19)25-11-19)2-3-16(12)26-18(27)14-4-5-24-17(7-14)20(21,22)23/h2-7,12,15-16,25H,8-11H2,1H3,(H,26,27). The van der Waals surface area contributed by atoms with Crippen molar-refractivity contribution in [3.63, 3.8) is 0 Å². The number of nitrogens with zero attached hydrogens (tertiary/aromatic N) is 1. The molecule has 0 saturated carbocycles. The summed E-state index contributed by atoms with van der Waals surface area (Å²) >= 11 is 0. The van der Waals surface area contributed by atoms with Crippen molar-refractivity contribution in [2.24, 2.45) is 5.92 Å². The lowest BCUT2D eigenvalue weighted by Crippen LogP contribution is -2.41. The van der Waals surface area contributed by atoms with Gasteiger partial charge in [-0.3, -0.25) is 9.78 Å². The minimum absolute atomic E-state index is 0.0239. The van der Waals surface area contributed by atoms with Gasteiger partial charge in [0, 0.05) is 30.8 Å². The highest BCUT2D eigenvalue weighted by molar-refractivity contribution is 5.94. The molecule has 1 aromatic rings. The maximum Gasteiger partial charge on any atom is 0.433 e. The molecule has 0 aromatic carbocycles. The van der Waals surface area contributed by atoms with E-state index in [0.29, 0.717) is 6.04 Å². The number of carbonyl (C=O) groups is 1. The van der Waals surface area contributed by atoms with Crippen LogP contribution in [0.15, 0.2) is 42.1 Å². The molecule has 3 heterocycles. The van der Waals surface area contributed by atoms with E-state index in [-0.39, 0.29) is 23.1 Å². The number of amides is 1. The molecule has 150 valence electrons. The van der Waals surface area contributed by atoms with Gasteiger partial charge in [0.15, 0.2) is 0 Å². The van der Waals surface area contributed by atoms with Gasteiger partial charge < -0.3 is 15.4 Å². The first-order valence-corrected chi connectivity index (χ1v) is 9.34. The maximum atomic E-state index is 12.8. The first-order valence-electron chi connectivity index (χ1n) is 9.34. The quantitative estimate of drug-likeness (QED) is 0.826. The minimum Gasteiger partial charge on any atom is -0.372 e. The zero-order chi connectivity index (χ0) is 19.9. The molecule has 1 aromatic heterocycles. The Balaban J connectivity index is 1.39. The van der Waals surface area contributed by atoms with Crippen LogP contribution in [0.3, 0.4) is 0 Å². The van der Waals surface area contributed by atoms with E-state index >= 15 is 0 Å². The van der Waals surface area contributed by atoms with E-state index in [2.05, 4.69) is 21.7 Å². The summed E-state index contributed by atoms with van der Waals surface area (Å²) in [4.78, 5) is 15.7. The van der Waals surface area contributed by atoms with Crippen molar-refractivity contribution in [2.45, 2.75) is 43.6 Å². The Morgan fingerprint density at radius 1 is 1.46 bits per heavy atom. The molecular formula is C20H22F3N3O2. The van der Waals surface area contributed by atoms with Crippen LogP contribution in [-0.2, 0) is 10.9 Å². The summed E-state index contributed by atoms with van der Waals surface area (Å²) in [5, 5.41) is 6.25. The van der Waals surface area contributed by atoms with E-state index in [0.717, 1.165) is 43.8 Å². The molecule has 0 radical (unpaired) electrons. The number of fused-ring (bicyclic) bond motifs is 2. The lowest BCUT2D eigenvalue weighted by molar-refractivity contribution is -0.141. The number of rotatable bonds is 4. The highest BCUT2D eigenvalue weighted by Gasteiger charge is 2.46. The number of halogens is 3. The molecule has 0 spiro atoms. The highest BCUT2D eigenvalue weighted by atomic mass is 19.4. The summed E-state index contributed by atoms with van der Waals surface area (Å²) in [5.41, 5.74) is -0.111. The van der Waals surface area contributed by atoms with Gasteiger partial charge in [0.1, 0.15) is 5.69 Å². The Hall–Kier alpha value is -2.19. The Kier molecular flexibility index (Phi) is 4.79. The number of morpholine rings is 1. The van der Waals surface area contributed by atoms with Crippen molar-refractivity contribution in [3.8, 4) is 0 Å². The maximum absolute atomic E-state index is 12.8. The number of pyridine rings is 1. The fraction of sp³-hybridized carbons (Fsp3) is 0.500. The van der Waals surface area contributed by atoms with Crippen molar-refractivity contribution in [1.82, 2.24) is 15.6 Å². The predicted molar refractivity (Wildman–Crippen MR) is 96.6 cm³/mol. The van der Waals surface area contributed by atoms with E-state index in [1.807, 2.05) is 19.1 Å². The van der Waals surface area contributed by atoms with Crippen LogP contribution in [0.5, 0.6) is 0 Å². The molecule has 4 rings (SSSR count). The molecule has 2 saturated heterocycles. The van der Waals surface area contributed by atoms with Gasteiger partial charge in [0.2, 0.25) is 0 Å². The van der Waals surface area contributed by atoms with Gasteiger partial charge in [-0.2, -0.15) is 13.2 Å². The van der Waals surface area contributed by atoms with Gasteiger partial charge in [-0.1, -0.05) is 25.2 Å². The summed E-state index contributed by atoms with van der Waals surface area (Å²) < 4.78 is 44.4. The van der Waals surface area contributed by atoms with Crippen LogP contribution in [0, 0.1) is 5.92 Å². The van der Waals surface area contributed by atoms with Crippen molar-refractivity contribution in [1.29, 1.82) is 0 Å². The first-order chi connectivity index (χ1) is 13.2. The zero-order valence-electron chi connectivity index (χ0n) is 15.4. The number of carbonyl (C=O) groups excluding carboxylic acids is 1. The number of aromatic nitrogens is 1. The summed E-state index contributed by atoms with van der Waals surface area (Å²) in [7, 11) is 0. The normalized spacial score (nSPS) is 31.7. The van der Waals surface area contributed by atoms with Crippen molar-refractivity contribution in [3.05, 3.63) is 53.4 Å². The minimum atomic E-state index is -4.58. The zero-order valence-corrected chi connectivity index (χ0v) is 15.4. The molecule has 5 nitrogen and oxygen atoms in total. The second kappa shape index (κ2) is 7.00. The van der Waals surface area contributed by atoms with Crippen LogP contribution in [0.2, 0.25) is 0 Å². The third kappa shape index (κ3) is 3.84. The van der Waals surface area contributed by atoms with Gasteiger partial charge >= 0.3 is 6.18 Å². The summed E-state index contributed by atoms with van der Waals surface area (Å²) in [6.07, 6.45) is 4.22. The second-order valence-corrected chi connectivity index (χ2v) is 7.84. The molecule has 28 heavy (non-hydrogen) atoms. The molecule has 2 fully saturated rings. The fourth-order valence-corrected chi connectivity index (χ4v) is 4.14. The van der Waals surface area contributed by atoms with E-state index in [1.165, 1.54) is 6.07 Å². The Bertz CT molecular complexity index is 826. The molecule has 8 heteroatoms. The molecule has 1 amide bonds. The molecule has 1 aliphatic carbocycles. The summed E-state index contributed by atoms with van der Waals surface area (Å²) in [6, 6.07) is 2.21. The molecule has 4 atom stereocenters. The van der Waals surface area contributed by atoms with E-state index in [9.17, 15) is 18.0 Å². The number of hydrogen-bond acceptors (Lipinski definition) is 4. The molecule has 2 aliphatic heterocycles. The second-order valence-electron chi connectivity index (χ2n) is 7.84. The van der Waals surface area contributed by atoms with Crippen LogP contribution in [0.25, 0.3) is 0 Å². The SMILES string of the molecule is CC1C=C(CC23CNC(CO2)C3)C=CC1NC(=O)c1ccnc(C(F)(F)F)c1. The van der Waals surface area contributed by atoms with Gasteiger partial charge in [0.05, 0.1) is 18.2 Å². The summed E-state index contributed by atoms with van der Waals surface area (Å²) in [6.45, 7) is 3.57. The van der Waals surface area contributed by atoms with Gasteiger partial charge in [-0.25, -0.2) is 0 Å². The molecule has 3 aliphatic rings. The van der Waals surface area contributed by atoms with Gasteiger partial charge in [-0.05, 0) is 30.0 Å². The van der Waals surface area contributed by atoms with Crippen LogP contribution >= 0.6 is 0 Å². The lowest BCUT2D eigenvalue weighted by atomic mass is 9.86. The largest absolute Gasteiger partial charge is 0.433 e. The monoisotopic (exact) mass is 393 g/mol. The molecule has 4 unspecified atom stereocenters. The topological polar surface area (TPSA) is 63.2 Å². The van der Waals surface area contributed by atoms with Gasteiger partial charge in [0.25, 0.3) is 5.91 Å². The van der Waals surface area contributed by atoms with E-state index in [1.54, 1.807) is 0 Å². The fourth-order valence-electron chi connectivity index (χ4n) is 4.14. The number of ether oxygens (including phenoxy) is 1. The van der Waals surface area contributed by atoms with Crippen LogP contribution in [-0.4, -0.2) is 41.7 Å². The number of allylic oxidation sites excluding steroid dienone is 1. The molecular weight excluding hydrogens is 371 g/mol. The third-order valence-electron chi connectivity index (χ3n) is 5.62. The third-order valence-corrected chi connectivity index (χ3v) is 5.62. The number of alkyl halides is 3. The molecule has 2 bridgehead atoms. The highest BCUT2D eigenvalue weighted by Crippen LogP contribution is 2.38. The number of nitrogens with one attached hydrogen (secondary N) is 2. The van der Waals surface area contributed by atoms with Crippen molar-refractivity contribution < 1.29 is 22.7 Å². The Morgan fingerprint density at radius 2 is 2.29 bits per heavy atom. The smallest absolute Gasteiger partial charge is 0.372 e. The lowest BCUT2D eigenvalue weighted by Gasteiger charge is -2.30. The van der Waals surface area contributed by atoms with Crippen LogP contribution in [0.1, 0.15) is 35.8 Å². The average Bonchev–Trinajstić information content (AvgIpc) is 3.24. The Labute approximate surface area is 161 Å². The summed E-state index contributed by atoms with van der Waals surface area (Å²) in [5.74, 6) is -0.525. The first kappa shape index (κ1) is 19.1. The van der Waals surface area contributed by atoms with Crippen molar-refractivity contribution in [2.75, 3.05) is 13.2 Å². The molecule has 2 N–H and O–H groups in total. The van der Waals surface area contributed by atoms with Crippen molar-refractivity contribution >= 4 is 5.91 Å². The average molecular weight is 393 g/mol. The van der Waals surface area contributed by atoms with Crippen LogP contribution < -0.4 is 10.6 Å². The van der Waals surface area contributed by atoms with Crippen LogP contribution in [0.4, 0.5) is 13.2 Å².